The highest BCUT2D eigenvalue weighted by Crippen LogP contribution is 2.17. The largest absolute Gasteiger partial charge is 0.482 e. The van der Waals surface area contributed by atoms with Crippen LogP contribution in [0.2, 0.25) is 0 Å². The highest BCUT2D eigenvalue weighted by Gasteiger charge is 2.22. The Morgan fingerprint density at radius 2 is 1.77 bits per heavy atom. The Kier molecular flexibility index (Phi) is 7.63. The van der Waals surface area contributed by atoms with Crippen LogP contribution in [0.5, 0.6) is 5.75 Å². The molecule has 1 aliphatic carbocycles. The number of esters is 1. The van der Waals surface area contributed by atoms with E-state index in [1.54, 1.807) is 38.1 Å². The number of carbonyl (C=O) groups excluding carboxylic acids is 3. The molecule has 1 amide bonds. The maximum Gasteiger partial charge on any atom is 0.344 e. The number of rotatable bonds is 8. The SMILES string of the molecule is CCC(=O)c1ccc(OCC(=O)O[C@H](C)C(=O)NC2CCCCC2)cc1. The third kappa shape index (κ3) is 6.17. The lowest BCUT2D eigenvalue weighted by molar-refractivity contribution is -0.156. The predicted molar refractivity (Wildman–Crippen MR) is 97.1 cm³/mol. The van der Waals surface area contributed by atoms with Crippen molar-refractivity contribution in [1.29, 1.82) is 0 Å². The number of ether oxygens (including phenoxy) is 2. The van der Waals surface area contributed by atoms with Gasteiger partial charge in [-0.2, -0.15) is 0 Å². The van der Waals surface area contributed by atoms with Gasteiger partial charge in [-0.1, -0.05) is 26.2 Å². The summed E-state index contributed by atoms with van der Waals surface area (Å²) in [6.07, 6.45) is 5.00. The van der Waals surface area contributed by atoms with Crippen molar-refractivity contribution in [2.24, 2.45) is 0 Å². The molecule has 1 aromatic carbocycles. The fourth-order valence-electron chi connectivity index (χ4n) is 2.93. The first kappa shape index (κ1) is 19.9. The first-order valence-electron chi connectivity index (χ1n) is 9.25. The molecule has 1 N–H and O–H groups in total. The molecule has 0 aliphatic heterocycles. The Bertz CT molecular complexity index is 620. The molecule has 0 unspecified atom stereocenters. The number of carbonyl (C=O) groups is 3. The molecule has 1 atom stereocenters. The number of hydrogen-bond acceptors (Lipinski definition) is 5. The van der Waals surface area contributed by atoms with Gasteiger partial charge < -0.3 is 14.8 Å². The summed E-state index contributed by atoms with van der Waals surface area (Å²) in [5.74, 6) is -0.361. The van der Waals surface area contributed by atoms with E-state index in [2.05, 4.69) is 5.32 Å². The number of benzene rings is 1. The fourth-order valence-corrected chi connectivity index (χ4v) is 2.93. The van der Waals surface area contributed by atoms with Crippen molar-refractivity contribution < 1.29 is 23.9 Å². The smallest absolute Gasteiger partial charge is 0.344 e. The molecule has 2 rings (SSSR count). The summed E-state index contributed by atoms with van der Waals surface area (Å²) in [6.45, 7) is 3.07. The van der Waals surface area contributed by atoms with Crippen LogP contribution in [-0.4, -0.2) is 36.4 Å². The third-order valence-corrected chi connectivity index (χ3v) is 4.48. The molecule has 142 valence electrons. The lowest BCUT2D eigenvalue weighted by atomic mass is 9.95. The maximum absolute atomic E-state index is 12.1. The summed E-state index contributed by atoms with van der Waals surface area (Å²) < 4.78 is 10.5. The van der Waals surface area contributed by atoms with Crippen molar-refractivity contribution in [2.45, 2.75) is 64.5 Å². The van der Waals surface area contributed by atoms with E-state index in [0.717, 1.165) is 25.7 Å². The van der Waals surface area contributed by atoms with E-state index in [1.807, 2.05) is 0 Å². The van der Waals surface area contributed by atoms with Crippen LogP contribution >= 0.6 is 0 Å². The molecule has 26 heavy (non-hydrogen) atoms. The second kappa shape index (κ2) is 9.94. The van der Waals surface area contributed by atoms with Crippen molar-refractivity contribution >= 4 is 17.7 Å². The number of Topliss-reactive ketones (excluding diaryl/α,β-unsaturated/α-hetero) is 1. The van der Waals surface area contributed by atoms with E-state index in [-0.39, 0.29) is 24.3 Å². The maximum atomic E-state index is 12.1. The van der Waals surface area contributed by atoms with Crippen LogP contribution in [0.25, 0.3) is 0 Å². The van der Waals surface area contributed by atoms with Crippen molar-refractivity contribution in [3.05, 3.63) is 29.8 Å². The van der Waals surface area contributed by atoms with E-state index < -0.39 is 12.1 Å². The van der Waals surface area contributed by atoms with Gasteiger partial charge in [0, 0.05) is 18.0 Å². The molecule has 0 bridgehead atoms. The topological polar surface area (TPSA) is 81.7 Å². The Labute approximate surface area is 154 Å². The third-order valence-electron chi connectivity index (χ3n) is 4.48. The molecule has 0 heterocycles. The average molecular weight is 361 g/mol. The van der Waals surface area contributed by atoms with Crippen LogP contribution in [0.15, 0.2) is 24.3 Å². The molecule has 0 saturated heterocycles. The molecule has 1 aliphatic rings. The zero-order valence-electron chi connectivity index (χ0n) is 15.5. The van der Waals surface area contributed by atoms with Crippen LogP contribution < -0.4 is 10.1 Å². The quantitative estimate of drug-likeness (QED) is 0.568. The second-order valence-electron chi connectivity index (χ2n) is 6.57. The lowest BCUT2D eigenvalue weighted by Gasteiger charge is -2.24. The van der Waals surface area contributed by atoms with Crippen molar-refractivity contribution in [3.8, 4) is 5.75 Å². The van der Waals surface area contributed by atoms with E-state index in [0.29, 0.717) is 17.7 Å². The fraction of sp³-hybridized carbons (Fsp3) is 0.550. The van der Waals surface area contributed by atoms with E-state index in [1.165, 1.54) is 6.42 Å². The average Bonchev–Trinajstić information content (AvgIpc) is 2.67. The molecular formula is C20H27NO5. The minimum atomic E-state index is -0.849. The molecule has 6 nitrogen and oxygen atoms in total. The molecule has 6 heteroatoms. The lowest BCUT2D eigenvalue weighted by Crippen LogP contribution is -2.43. The van der Waals surface area contributed by atoms with Crippen LogP contribution in [0.4, 0.5) is 0 Å². The Hall–Kier alpha value is -2.37. The number of nitrogens with one attached hydrogen (secondary N) is 1. The van der Waals surface area contributed by atoms with Gasteiger partial charge in [0.15, 0.2) is 18.5 Å². The number of amides is 1. The van der Waals surface area contributed by atoms with Gasteiger partial charge in [-0.25, -0.2) is 4.79 Å². The summed E-state index contributed by atoms with van der Waals surface area (Å²) in [5.41, 5.74) is 0.607. The summed E-state index contributed by atoms with van der Waals surface area (Å²) in [5, 5.41) is 2.93. The molecule has 1 saturated carbocycles. The van der Waals surface area contributed by atoms with Crippen LogP contribution in [-0.2, 0) is 14.3 Å². The zero-order valence-corrected chi connectivity index (χ0v) is 15.5. The minimum absolute atomic E-state index is 0.0498. The van der Waals surface area contributed by atoms with Gasteiger partial charge in [-0.05, 0) is 44.0 Å². The van der Waals surface area contributed by atoms with Gasteiger partial charge in [-0.3, -0.25) is 9.59 Å². The first-order chi connectivity index (χ1) is 12.5. The molecular weight excluding hydrogens is 334 g/mol. The molecule has 0 aromatic heterocycles. The van der Waals surface area contributed by atoms with Crippen LogP contribution in [0.3, 0.4) is 0 Å². The number of ketones is 1. The summed E-state index contributed by atoms with van der Waals surface area (Å²) >= 11 is 0. The summed E-state index contributed by atoms with van der Waals surface area (Å²) in [6, 6.07) is 6.77. The van der Waals surface area contributed by atoms with Gasteiger partial charge in [-0.15, -0.1) is 0 Å². The first-order valence-corrected chi connectivity index (χ1v) is 9.25. The van der Waals surface area contributed by atoms with E-state index >= 15 is 0 Å². The Balaban J connectivity index is 1.73. The van der Waals surface area contributed by atoms with E-state index in [4.69, 9.17) is 9.47 Å². The number of hydrogen-bond donors (Lipinski definition) is 1. The summed E-state index contributed by atoms with van der Waals surface area (Å²) in [4.78, 5) is 35.5. The zero-order chi connectivity index (χ0) is 18.9. The van der Waals surface area contributed by atoms with Crippen LogP contribution in [0, 0.1) is 0 Å². The summed E-state index contributed by atoms with van der Waals surface area (Å²) in [7, 11) is 0. The molecule has 0 spiro atoms. The van der Waals surface area contributed by atoms with Crippen molar-refractivity contribution in [2.75, 3.05) is 6.61 Å². The normalized spacial score (nSPS) is 15.8. The van der Waals surface area contributed by atoms with Crippen molar-refractivity contribution in [1.82, 2.24) is 5.32 Å². The van der Waals surface area contributed by atoms with Gasteiger partial charge in [0.1, 0.15) is 5.75 Å². The van der Waals surface area contributed by atoms with Crippen LogP contribution in [0.1, 0.15) is 62.7 Å². The highest BCUT2D eigenvalue weighted by atomic mass is 16.6. The predicted octanol–water partition coefficient (Wildman–Crippen LogP) is 3.04. The second-order valence-corrected chi connectivity index (χ2v) is 6.57. The molecule has 0 radical (unpaired) electrons. The van der Waals surface area contributed by atoms with Crippen molar-refractivity contribution in [3.63, 3.8) is 0 Å². The monoisotopic (exact) mass is 361 g/mol. The highest BCUT2D eigenvalue weighted by molar-refractivity contribution is 5.95. The molecule has 1 aromatic rings. The van der Waals surface area contributed by atoms with Gasteiger partial charge >= 0.3 is 5.97 Å². The Morgan fingerprint density at radius 1 is 1.12 bits per heavy atom. The van der Waals surface area contributed by atoms with Gasteiger partial charge in [0.25, 0.3) is 5.91 Å². The van der Waals surface area contributed by atoms with Gasteiger partial charge in [0.05, 0.1) is 0 Å². The minimum Gasteiger partial charge on any atom is -0.482 e. The standard InChI is InChI=1S/C20H27NO5/c1-3-18(22)15-9-11-17(12-10-15)25-13-19(23)26-14(2)20(24)21-16-7-5-4-6-8-16/h9-12,14,16H,3-8,13H2,1-2H3,(H,21,24)/t14-/m1/s1. The van der Waals surface area contributed by atoms with Gasteiger partial charge in [0.2, 0.25) is 0 Å². The Morgan fingerprint density at radius 3 is 2.38 bits per heavy atom. The molecule has 1 fully saturated rings. The van der Waals surface area contributed by atoms with E-state index in [9.17, 15) is 14.4 Å².